The molecule has 1 aromatic rings. The van der Waals surface area contributed by atoms with E-state index in [0.29, 0.717) is 25.9 Å². The number of hydrogen-bond acceptors (Lipinski definition) is 6. The summed E-state index contributed by atoms with van der Waals surface area (Å²) in [5, 5.41) is 11.3. The maximum atomic E-state index is 12.7. The number of ether oxygens (including phenoxy) is 2. The number of benzene rings is 1. The molecule has 0 spiro atoms. The lowest BCUT2D eigenvalue weighted by molar-refractivity contribution is -0.385. The first-order valence-corrected chi connectivity index (χ1v) is 7.38. The van der Waals surface area contributed by atoms with Crippen molar-refractivity contribution in [3.63, 3.8) is 0 Å². The predicted molar refractivity (Wildman–Crippen MR) is 84.0 cm³/mol. The lowest BCUT2D eigenvalue weighted by Crippen LogP contribution is -2.41. The number of nitrogens with two attached hydrogens (primary N) is 1. The zero-order valence-corrected chi connectivity index (χ0v) is 13.5. The number of hydrogen-bond donors (Lipinski definition) is 1. The molecule has 1 aliphatic rings. The number of nitrogens with zero attached hydrogens (tertiary/aromatic N) is 2. The van der Waals surface area contributed by atoms with Crippen LogP contribution in [0.15, 0.2) is 12.1 Å². The molecule has 1 heterocycles. The van der Waals surface area contributed by atoms with E-state index in [0.717, 1.165) is 0 Å². The van der Waals surface area contributed by atoms with E-state index in [1.54, 1.807) is 0 Å². The van der Waals surface area contributed by atoms with Crippen LogP contribution < -0.4 is 15.2 Å². The summed E-state index contributed by atoms with van der Waals surface area (Å²) in [6.45, 7) is 0.635. The lowest BCUT2D eigenvalue weighted by Gasteiger charge is -2.30. The largest absolute Gasteiger partial charge is 0.493 e. The molecule has 0 unspecified atom stereocenters. The number of carbonyl (C=O) groups excluding carboxylic acids is 2. The Balaban J connectivity index is 2.31. The molecule has 0 radical (unpaired) electrons. The van der Waals surface area contributed by atoms with Gasteiger partial charge >= 0.3 is 0 Å². The van der Waals surface area contributed by atoms with Crippen LogP contribution in [0.2, 0.25) is 0 Å². The molecule has 2 N–H and O–H groups in total. The number of rotatable bonds is 5. The quantitative estimate of drug-likeness (QED) is 0.630. The fourth-order valence-electron chi connectivity index (χ4n) is 2.73. The van der Waals surface area contributed by atoms with Crippen LogP contribution in [-0.2, 0) is 4.79 Å². The minimum Gasteiger partial charge on any atom is -0.493 e. The van der Waals surface area contributed by atoms with Gasteiger partial charge in [0, 0.05) is 25.1 Å². The standard InChI is InChI=1S/C15H19N3O6/c1-23-12-7-10(11(18(21)22)8-13(12)24-2)15(20)17-5-3-9(4-6-17)14(16)19/h7-9H,3-6H2,1-2H3,(H2,16,19). The van der Waals surface area contributed by atoms with Crippen molar-refractivity contribution < 1.29 is 24.0 Å². The van der Waals surface area contributed by atoms with Crippen molar-refractivity contribution in [3.05, 3.63) is 27.8 Å². The van der Waals surface area contributed by atoms with Gasteiger partial charge in [-0.3, -0.25) is 19.7 Å². The van der Waals surface area contributed by atoms with Gasteiger partial charge in [-0.05, 0) is 12.8 Å². The Bertz CT molecular complexity index is 667. The Morgan fingerprint density at radius 2 is 1.75 bits per heavy atom. The first kappa shape index (κ1) is 17.5. The molecule has 0 aliphatic carbocycles. The van der Waals surface area contributed by atoms with Gasteiger partial charge in [-0.25, -0.2) is 0 Å². The molecule has 1 saturated heterocycles. The zero-order valence-electron chi connectivity index (χ0n) is 13.5. The van der Waals surface area contributed by atoms with Crippen LogP contribution in [0, 0.1) is 16.0 Å². The third-order valence-corrected chi connectivity index (χ3v) is 4.11. The second-order valence-electron chi connectivity index (χ2n) is 5.45. The number of nitro benzene ring substituents is 1. The molecular weight excluding hydrogens is 318 g/mol. The normalized spacial score (nSPS) is 15.0. The van der Waals surface area contributed by atoms with Gasteiger partial charge in [-0.1, -0.05) is 0 Å². The maximum Gasteiger partial charge on any atom is 0.286 e. The number of methoxy groups -OCH3 is 2. The number of nitro groups is 1. The number of primary amides is 1. The summed E-state index contributed by atoms with van der Waals surface area (Å²) in [5.74, 6) is -0.731. The SMILES string of the molecule is COc1cc(C(=O)N2CCC(C(N)=O)CC2)c([N+](=O)[O-])cc1OC. The van der Waals surface area contributed by atoms with Crippen molar-refractivity contribution in [1.29, 1.82) is 0 Å². The molecule has 0 aromatic heterocycles. The van der Waals surface area contributed by atoms with E-state index in [1.807, 2.05) is 0 Å². The van der Waals surface area contributed by atoms with Crippen molar-refractivity contribution >= 4 is 17.5 Å². The van der Waals surface area contributed by atoms with Crippen LogP contribution in [-0.4, -0.2) is 48.9 Å². The summed E-state index contributed by atoms with van der Waals surface area (Å²) < 4.78 is 10.2. The average Bonchev–Trinajstić information content (AvgIpc) is 2.59. The van der Waals surface area contributed by atoms with E-state index in [9.17, 15) is 19.7 Å². The van der Waals surface area contributed by atoms with E-state index >= 15 is 0 Å². The summed E-state index contributed by atoms with van der Waals surface area (Å²) in [6, 6.07) is 2.47. The van der Waals surface area contributed by atoms with Gasteiger partial charge in [0.2, 0.25) is 5.91 Å². The summed E-state index contributed by atoms with van der Waals surface area (Å²) in [7, 11) is 2.74. The van der Waals surface area contributed by atoms with Crippen molar-refractivity contribution in [2.24, 2.45) is 11.7 Å². The zero-order chi connectivity index (χ0) is 17.9. The van der Waals surface area contributed by atoms with Crippen molar-refractivity contribution in [3.8, 4) is 11.5 Å². The van der Waals surface area contributed by atoms with Crippen LogP contribution in [0.1, 0.15) is 23.2 Å². The molecule has 9 heteroatoms. The van der Waals surface area contributed by atoms with Crippen molar-refractivity contribution in [1.82, 2.24) is 4.90 Å². The predicted octanol–water partition coefficient (Wildman–Crippen LogP) is 0.949. The highest BCUT2D eigenvalue weighted by Gasteiger charge is 2.31. The molecule has 0 saturated carbocycles. The highest BCUT2D eigenvalue weighted by Crippen LogP contribution is 2.35. The second kappa shape index (κ2) is 7.16. The Morgan fingerprint density at radius 3 is 2.21 bits per heavy atom. The number of amides is 2. The summed E-state index contributed by atoms with van der Waals surface area (Å²) in [5.41, 5.74) is 4.85. The number of piperidine rings is 1. The average molecular weight is 337 g/mol. The third kappa shape index (κ3) is 3.39. The van der Waals surface area contributed by atoms with E-state index in [2.05, 4.69) is 0 Å². The Kier molecular flexibility index (Phi) is 5.22. The first-order valence-electron chi connectivity index (χ1n) is 7.38. The molecule has 1 aromatic carbocycles. The van der Waals surface area contributed by atoms with E-state index < -0.39 is 10.8 Å². The highest BCUT2D eigenvalue weighted by atomic mass is 16.6. The van der Waals surface area contributed by atoms with Crippen LogP contribution in [0.4, 0.5) is 5.69 Å². The van der Waals surface area contributed by atoms with E-state index in [-0.39, 0.29) is 34.6 Å². The molecule has 130 valence electrons. The molecule has 2 amide bonds. The molecule has 0 atom stereocenters. The molecule has 1 fully saturated rings. The lowest BCUT2D eigenvalue weighted by atomic mass is 9.95. The van der Waals surface area contributed by atoms with Crippen molar-refractivity contribution in [2.45, 2.75) is 12.8 Å². The number of carbonyl (C=O) groups is 2. The topological polar surface area (TPSA) is 125 Å². The van der Waals surface area contributed by atoms with Gasteiger partial charge in [0.25, 0.3) is 11.6 Å². The summed E-state index contributed by atoms with van der Waals surface area (Å²) in [6.07, 6.45) is 0.893. The molecular formula is C15H19N3O6. The van der Waals surface area contributed by atoms with Crippen LogP contribution in [0.25, 0.3) is 0 Å². The van der Waals surface area contributed by atoms with Crippen LogP contribution >= 0.6 is 0 Å². The Hall–Kier alpha value is -2.84. The van der Waals surface area contributed by atoms with Gasteiger partial charge in [0.05, 0.1) is 25.2 Å². The minimum absolute atomic E-state index is 0.0739. The summed E-state index contributed by atoms with van der Waals surface area (Å²) >= 11 is 0. The minimum atomic E-state index is -0.634. The maximum absolute atomic E-state index is 12.7. The monoisotopic (exact) mass is 337 g/mol. The smallest absolute Gasteiger partial charge is 0.286 e. The third-order valence-electron chi connectivity index (χ3n) is 4.11. The van der Waals surface area contributed by atoms with Gasteiger partial charge in [-0.15, -0.1) is 0 Å². The van der Waals surface area contributed by atoms with E-state index in [1.165, 1.54) is 31.3 Å². The second-order valence-corrected chi connectivity index (χ2v) is 5.45. The fraction of sp³-hybridized carbons (Fsp3) is 0.467. The molecule has 9 nitrogen and oxygen atoms in total. The molecule has 1 aliphatic heterocycles. The van der Waals surface area contributed by atoms with Gasteiger partial charge < -0.3 is 20.1 Å². The van der Waals surface area contributed by atoms with Crippen LogP contribution in [0.3, 0.4) is 0 Å². The molecule has 2 rings (SSSR count). The highest BCUT2D eigenvalue weighted by molar-refractivity contribution is 5.99. The molecule has 24 heavy (non-hydrogen) atoms. The van der Waals surface area contributed by atoms with Gasteiger partial charge in [0.1, 0.15) is 5.56 Å². The Labute approximate surface area is 138 Å². The first-order chi connectivity index (χ1) is 11.4. The van der Waals surface area contributed by atoms with E-state index in [4.69, 9.17) is 15.2 Å². The van der Waals surface area contributed by atoms with Crippen molar-refractivity contribution in [2.75, 3.05) is 27.3 Å². The van der Waals surface area contributed by atoms with Crippen LogP contribution in [0.5, 0.6) is 11.5 Å². The van der Waals surface area contributed by atoms with Gasteiger partial charge in [0.15, 0.2) is 11.5 Å². The molecule has 0 bridgehead atoms. The number of likely N-dealkylation sites (tertiary alicyclic amines) is 1. The van der Waals surface area contributed by atoms with Gasteiger partial charge in [-0.2, -0.15) is 0 Å². The fourth-order valence-corrected chi connectivity index (χ4v) is 2.73. The summed E-state index contributed by atoms with van der Waals surface area (Å²) in [4.78, 5) is 36.0. The Morgan fingerprint density at radius 1 is 1.21 bits per heavy atom.